The summed E-state index contributed by atoms with van der Waals surface area (Å²) in [6, 6.07) is 3.50. The molecule has 0 spiro atoms. The van der Waals surface area contributed by atoms with Gasteiger partial charge in [-0.3, -0.25) is 10.1 Å². The second-order valence-corrected chi connectivity index (χ2v) is 3.11. The fraction of sp³-hybridized carbons (Fsp3) is 0.273. The van der Waals surface area contributed by atoms with Crippen LogP contribution in [-0.4, -0.2) is 11.5 Å². The van der Waals surface area contributed by atoms with Gasteiger partial charge in [0.15, 0.2) is 0 Å². The molecule has 0 saturated heterocycles. The summed E-state index contributed by atoms with van der Waals surface area (Å²) in [7, 11) is 0. The number of nitrogens with zero attached hydrogens (tertiary/aromatic N) is 1. The van der Waals surface area contributed by atoms with Crippen LogP contribution in [0, 0.1) is 27.8 Å². The van der Waals surface area contributed by atoms with Gasteiger partial charge in [-0.1, -0.05) is 5.92 Å². The fourth-order valence-electron chi connectivity index (χ4n) is 1.20. The van der Waals surface area contributed by atoms with E-state index in [2.05, 4.69) is 17.2 Å². The van der Waals surface area contributed by atoms with E-state index in [0.717, 1.165) is 6.07 Å². The van der Waals surface area contributed by atoms with Gasteiger partial charge in [0.05, 0.1) is 17.5 Å². The molecule has 0 aliphatic rings. The molecule has 0 radical (unpaired) electrons. The zero-order chi connectivity index (χ0) is 12.0. The lowest BCUT2D eigenvalue weighted by Gasteiger charge is -2.01. The highest BCUT2D eigenvalue weighted by molar-refractivity contribution is 5.35. The molecule has 1 aromatic rings. The summed E-state index contributed by atoms with van der Waals surface area (Å²) in [5.74, 6) is 4.88. The molecule has 0 amide bonds. The van der Waals surface area contributed by atoms with E-state index in [9.17, 15) is 14.5 Å². The molecule has 1 rings (SSSR count). The van der Waals surface area contributed by atoms with E-state index in [1.54, 1.807) is 6.92 Å². The van der Waals surface area contributed by atoms with Gasteiger partial charge >= 0.3 is 0 Å². The van der Waals surface area contributed by atoms with E-state index in [1.807, 2.05) is 0 Å². The van der Waals surface area contributed by atoms with Gasteiger partial charge in [0, 0.05) is 12.6 Å². The van der Waals surface area contributed by atoms with Crippen LogP contribution in [0.3, 0.4) is 0 Å². The van der Waals surface area contributed by atoms with E-state index in [4.69, 9.17) is 0 Å². The van der Waals surface area contributed by atoms with Crippen molar-refractivity contribution in [2.75, 3.05) is 6.54 Å². The smallest absolute Gasteiger partial charge is 0.272 e. The van der Waals surface area contributed by atoms with Crippen LogP contribution in [0.15, 0.2) is 18.2 Å². The van der Waals surface area contributed by atoms with Crippen molar-refractivity contribution in [3.05, 3.63) is 39.7 Å². The molecular formula is C11H11FN2O2. The molecule has 0 saturated carbocycles. The van der Waals surface area contributed by atoms with Crippen LogP contribution in [0.25, 0.3) is 0 Å². The molecule has 0 aromatic heterocycles. The Balaban J connectivity index is 2.71. The molecule has 0 bridgehead atoms. The van der Waals surface area contributed by atoms with Crippen LogP contribution >= 0.6 is 0 Å². The molecule has 0 heterocycles. The highest BCUT2D eigenvalue weighted by atomic mass is 19.1. The lowest BCUT2D eigenvalue weighted by atomic mass is 10.2. The third-order valence-electron chi connectivity index (χ3n) is 1.87. The van der Waals surface area contributed by atoms with Crippen molar-refractivity contribution in [3.63, 3.8) is 0 Å². The van der Waals surface area contributed by atoms with Crippen molar-refractivity contribution >= 4 is 5.69 Å². The Morgan fingerprint density at radius 2 is 2.25 bits per heavy atom. The Labute approximate surface area is 92.6 Å². The van der Waals surface area contributed by atoms with Gasteiger partial charge in [-0.05, 0) is 18.6 Å². The maximum atomic E-state index is 13.0. The highest BCUT2D eigenvalue weighted by Gasteiger charge is 2.09. The predicted molar refractivity (Wildman–Crippen MR) is 58.2 cm³/mol. The standard InChI is InChI=1S/C11H11FN2O2/c1-2-3-4-13-8-9-5-10(12)7-11(6-9)14(15)16/h5-7,13H,4,8H2,1H3. The largest absolute Gasteiger partial charge is 0.302 e. The van der Waals surface area contributed by atoms with Gasteiger partial charge in [0.2, 0.25) is 0 Å². The Kier molecular flexibility index (Phi) is 4.42. The number of nitrogens with one attached hydrogen (secondary N) is 1. The molecule has 0 atom stereocenters. The SMILES string of the molecule is CC#CCNCc1cc(F)cc([N+](=O)[O-])c1. The van der Waals surface area contributed by atoms with Crippen LogP contribution in [-0.2, 0) is 6.54 Å². The number of non-ortho nitro benzene ring substituents is 1. The van der Waals surface area contributed by atoms with Crippen LogP contribution < -0.4 is 5.32 Å². The molecule has 0 aliphatic carbocycles. The van der Waals surface area contributed by atoms with Crippen LogP contribution in [0.4, 0.5) is 10.1 Å². The van der Waals surface area contributed by atoms with Gasteiger partial charge in [0.25, 0.3) is 5.69 Å². The summed E-state index contributed by atoms with van der Waals surface area (Å²) in [5, 5.41) is 13.4. The summed E-state index contributed by atoms with van der Waals surface area (Å²) in [5.41, 5.74) is 0.294. The van der Waals surface area contributed by atoms with E-state index < -0.39 is 10.7 Å². The Morgan fingerprint density at radius 1 is 1.50 bits per heavy atom. The average molecular weight is 222 g/mol. The molecule has 1 N–H and O–H groups in total. The summed E-state index contributed by atoms with van der Waals surface area (Å²) in [6.07, 6.45) is 0. The second-order valence-electron chi connectivity index (χ2n) is 3.11. The maximum Gasteiger partial charge on any atom is 0.272 e. The molecule has 0 unspecified atom stereocenters. The van der Waals surface area contributed by atoms with E-state index in [-0.39, 0.29) is 5.69 Å². The average Bonchev–Trinajstić information content (AvgIpc) is 2.23. The van der Waals surface area contributed by atoms with Crippen molar-refractivity contribution < 1.29 is 9.31 Å². The third kappa shape index (κ3) is 3.67. The molecule has 84 valence electrons. The molecule has 5 heteroatoms. The minimum Gasteiger partial charge on any atom is -0.302 e. The molecule has 4 nitrogen and oxygen atoms in total. The van der Waals surface area contributed by atoms with Gasteiger partial charge in [-0.2, -0.15) is 0 Å². The first kappa shape index (κ1) is 12.1. The van der Waals surface area contributed by atoms with Crippen molar-refractivity contribution in [2.24, 2.45) is 0 Å². The number of hydrogen-bond donors (Lipinski definition) is 1. The van der Waals surface area contributed by atoms with Crippen molar-refractivity contribution in [1.82, 2.24) is 5.32 Å². The van der Waals surface area contributed by atoms with E-state index in [1.165, 1.54) is 12.1 Å². The first-order valence-corrected chi connectivity index (χ1v) is 4.67. The first-order chi connectivity index (χ1) is 7.63. The second kappa shape index (κ2) is 5.83. The minimum atomic E-state index is -0.613. The van der Waals surface area contributed by atoms with Crippen LogP contribution in [0.5, 0.6) is 0 Å². The molecule has 16 heavy (non-hydrogen) atoms. The van der Waals surface area contributed by atoms with Crippen LogP contribution in [0.2, 0.25) is 0 Å². The topological polar surface area (TPSA) is 55.2 Å². The molecule has 0 aliphatic heterocycles. The normalized spacial score (nSPS) is 9.38. The number of hydrogen-bond acceptors (Lipinski definition) is 3. The number of benzene rings is 1. The monoisotopic (exact) mass is 222 g/mol. The fourth-order valence-corrected chi connectivity index (χ4v) is 1.20. The Morgan fingerprint density at radius 3 is 2.88 bits per heavy atom. The van der Waals surface area contributed by atoms with E-state index >= 15 is 0 Å². The number of nitro benzene ring substituents is 1. The summed E-state index contributed by atoms with van der Waals surface area (Å²) < 4.78 is 13.0. The quantitative estimate of drug-likeness (QED) is 0.366. The van der Waals surface area contributed by atoms with Crippen molar-refractivity contribution in [1.29, 1.82) is 0 Å². The molecule has 1 aromatic carbocycles. The van der Waals surface area contributed by atoms with Crippen LogP contribution in [0.1, 0.15) is 12.5 Å². The van der Waals surface area contributed by atoms with Gasteiger partial charge in [-0.25, -0.2) is 4.39 Å². The zero-order valence-corrected chi connectivity index (χ0v) is 8.79. The Hall–Kier alpha value is -1.93. The number of nitro groups is 1. The lowest BCUT2D eigenvalue weighted by molar-refractivity contribution is -0.385. The van der Waals surface area contributed by atoms with Gasteiger partial charge in [0.1, 0.15) is 5.82 Å². The Bertz CT molecular complexity index is 449. The van der Waals surface area contributed by atoms with Crippen molar-refractivity contribution in [3.8, 4) is 11.8 Å². The van der Waals surface area contributed by atoms with E-state index in [0.29, 0.717) is 18.7 Å². The highest BCUT2D eigenvalue weighted by Crippen LogP contribution is 2.15. The minimum absolute atomic E-state index is 0.238. The maximum absolute atomic E-state index is 13.0. The predicted octanol–water partition coefficient (Wildman–Crippen LogP) is 1.85. The van der Waals surface area contributed by atoms with Gasteiger partial charge in [-0.15, -0.1) is 5.92 Å². The summed E-state index contributed by atoms with van der Waals surface area (Å²) in [4.78, 5) is 9.87. The number of halogens is 1. The summed E-state index contributed by atoms with van der Waals surface area (Å²) in [6.45, 7) is 2.54. The van der Waals surface area contributed by atoms with Crippen molar-refractivity contribution in [2.45, 2.75) is 13.5 Å². The third-order valence-corrected chi connectivity index (χ3v) is 1.87. The number of rotatable bonds is 4. The summed E-state index contributed by atoms with van der Waals surface area (Å²) >= 11 is 0. The first-order valence-electron chi connectivity index (χ1n) is 4.67. The molecular weight excluding hydrogens is 211 g/mol. The van der Waals surface area contributed by atoms with Gasteiger partial charge < -0.3 is 5.32 Å². The zero-order valence-electron chi connectivity index (χ0n) is 8.79. The molecule has 0 fully saturated rings. The lowest BCUT2D eigenvalue weighted by Crippen LogP contribution is -2.13.